The van der Waals surface area contributed by atoms with Gasteiger partial charge in [-0.3, -0.25) is 5.10 Å². The molecule has 1 saturated heterocycles. The van der Waals surface area contributed by atoms with Crippen molar-refractivity contribution in [1.82, 2.24) is 14.8 Å². The summed E-state index contributed by atoms with van der Waals surface area (Å²) in [7, 11) is 0. The minimum atomic E-state index is 0.693. The van der Waals surface area contributed by atoms with Crippen molar-refractivity contribution in [1.29, 1.82) is 0 Å². The summed E-state index contributed by atoms with van der Waals surface area (Å²) < 4.78 is 8.00. The van der Waals surface area contributed by atoms with Crippen molar-refractivity contribution in [3.05, 3.63) is 11.1 Å². The monoisotopic (exact) mass is 199 g/mol. The molecule has 0 aromatic carbocycles. The number of ether oxygens (including phenoxy) is 1. The van der Waals surface area contributed by atoms with E-state index in [1.165, 1.54) is 0 Å². The summed E-state index contributed by atoms with van der Waals surface area (Å²) in [6.07, 6.45) is 4.03. The van der Waals surface area contributed by atoms with Crippen LogP contribution in [-0.2, 0) is 11.3 Å². The lowest BCUT2D eigenvalue weighted by molar-refractivity contribution is 0.0611. The van der Waals surface area contributed by atoms with E-state index in [2.05, 4.69) is 10.2 Å². The normalized spacial score (nSPS) is 19.1. The molecule has 0 atom stereocenters. The van der Waals surface area contributed by atoms with E-state index in [-0.39, 0.29) is 0 Å². The van der Waals surface area contributed by atoms with Crippen molar-refractivity contribution < 1.29 is 4.74 Å². The molecule has 1 aromatic rings. The van der Waals surface area contributed by atoms with Gasteiger partial charge in [-0.1, -0.05) is 0 Å². The molecular weight excluding hydrogens is 186 g/mol. The Morgan fingerprint density at radius 3 is 3.00 bits per heavy atom. The van der Waals surface area contributed by atoms with Crippen LogP contribution in [0.25, 0.3) is 0 Å². The van der Waals surface area contributed by atoms with Gasteiger partial charge >= 0.3 is 0 Å². The first-order valence-corrected chi connectivity index (χ1v) is 4.94. The minimum Gasteiger partial charge on any atom is -0.381 e. The van der Waals surface area contributed by atoms with E-state index in [9.17, 15) is 0 Å². The molecule has 5 heteroatoms. The Morgan fingerprint density at radius 1 is 1.62 bits per heavy atom. The second-order valence-electron chi connectivity index (χ2n) is 3.37. The second-order valence-corrected chi connectivity index (χ2v) is 3.76. The molecule has 2 rings (SSSR count). The molecule has 1 N–H and O–H groups in total. The maximum Gasteiger partial charge on any atom is 0.194 e. The van der Waals surface area contributed by atoms with Crippen LogP contribution in [0.1, 0.15) is 12.8 Å². The number of hydrogen-bond donors (Lipinski definition) is 1. The highest BCUT2D eigenvalue weighted by atomic mass is 32.1. The van der Waals surface area contributed by atoms with Gasteiger partial charge in [0.25, 0.3) is 0 Å². The molecule has 0 amide bonds. The molecular formula is C8H13N3OS. The van der Waals surface area contributed by atoms with Crippen LogP contribution in [0.3, 0.4) is 0 Å². The van der Waals surface area contributed by atoms with E-state index in [1.807, 2.05) is 4.57 Å². The van der Waals surface area contributed by atoms with Gasteiger partial charge in [-0.25, -0.2) is 0 Å². The standard InChI is InChI=1S/C8H13N3OS/c13-8-10-9-6-11(8)5-7-1-3-12-4-2-7/h6-7H,1-5H2,(H,10,13). The number of aromatic nitrogens is 3. The Morgan fingerprint density at radius 2 is 2.38 bits per heavy atom. The van der Waals surface area contributed by atoms with Gasteiger partial charge in [-0.2, -0.15) is 5.10 Å². The summed E-state index contributed by atoms with van der Waals surface area (Å²) >= 11 is 5.07. The second kappa shape index (κ2) is 4.02. The third kappa shape index (κ3) is 2.16. The molecule has 1 aliphatic rings. The number of hydrogen-bond acceptors (Lipinski definition) is 3. The summed E-state index contributed by atoms with van der Waals surface area (Å²) in [6, 6.07) is 0. The van der Waals surface area contributed by atoms with Gasteiger partial charge in [0.05, 0.1) is 0 Å². The minimum absolute atomic E-state index is 0.693. The zero-order valence-electron chi connectivity index (χ0n) is 7.40. The highest BCUT2D eigenvalue weighted by molar-refractivity contribution is 7.71. The molecule has 13 heavy (non-hydrogen) atoms. The van der Waals surface area contributed by atoms with Gasteiger partial charge < -0.3 is 9.30 Å². The van der Waals surface area contributed by atoms with Crippen molar-refractivity contribution in [2.75, 3.05) is 13.2 Å². The van der Waals surface area contributed by atoms with Crippen LogP contribution in [-0.4, -0.2) is 28.0 Å². The molecule has 2 heterocycles. The first kappa shape index (κ1) is 8.90. The molecule has 0 saturated carbocycles. The van der Waals surface area contributed by atoms with Gasteiger partial charge in [0.15, 0.2) is 4.77 Å². The number of aromatic amines is 1. The molecule has 0 aliphatic carbocycles. The molecule has 4 nitrogen and oxygen atoms in total. The molecule has 1 fully saturated rings. The molecule has 0 bridgehead atoms. The van der Waals surface area contributed by atoms with Crippen molar-refractivity contribution in [3.8, 4) is 0 Å². The average Bonchev–Trinajstić information content (AvgIpc) is 2.54. The Bertz CT molecular complexity index is 313. The zero-order valence-corrected chi connectivity index (χ0v) is 8.22. The summed E-state index contributed by atoms with van der Waals surface area (Å²) in [6.45, 7) is 2.74. The van der Waals surface area contributed by atoms with E-state index in [0.717, 1.165) is 32.6 Å². The fourth-order valence-electron chi connectivity index (χ4n) is 1.61. The van der Waals surface area contributed by atoms with Gasteiger partial charge in [-0.15, -0.1) is 0 Å². The molecule has 0 spiro atoms. The fraction of sp³-hybridized carbons (Fsp3) is 0.750. The number of H-pyrrole nitrogens is 1. The largest absolute Gasteiger partial charge is 0.381 e. The smallest absolute Gasteiger partial charge is 0.194 e. The van der Waals surface area contributed by atoms with Crippen LogP contribution in [0.4, 0.5) is 0 Å². The van der Waals surface area contributed by atoms with Crippen molar-refractivity contribution >= 4 is 12.2 Å². The third-order valence-corrected chi connectivity index (χ3v) is 2.74. The van der Waals surface area contributed by atoms with Crippen LogP contribution in [0.15, 0.2) is 6.33 Å². The fourth-order valence-corrected chi connectivity index (χ4v) is 1.78. The first-order valence-electron chi connectivity index (χ1n) is 4.54. The van der Waals surface area contributed by atoms with E-state index in [1.54, 1.807) is 6.33 Å². The molecule has 0 unspecified atom stereocenters. The SMILES string of the molecule is S=c1[nH]ncn1CC1CCOCC1. The highest BCUT2D eigenvalue weighted by Crippen LogP contribution is 2.16. The maximum atomic E-state index is 5.29. The molecule has 72 valence electrons. The highest BCUT2D eigenvalue weighted by Gasteiger charge is 2.14. The summed E-state index contributed by atoms with van der Waals surface area (Å²) in [5.41, 5.74) is 0. The zero-order chi connectivity index (χ0) is 9.10. The van der Waals surface area contributed by atoms with E-state index in [4.69, 9.17) is 17.0 Å². The summed E-state index contributed by atoms with van der Waals surface area (Å²) in [4.78, 5) is 0. The van der Waals surface area contributed by atoms with Crippen LogP contribution in [0, 0.1) is 10.7 Å². The summed E-state index contributed by atoms with van der Waals surface area (Å²) in [5, 5.41) is 6.64. The predicted molar refractivity (Wildman–Crippen MR) is 51.0 cm³/mol. The summed E-state index contributed by atoms with van der Waals surface area (Å²) in [5.74, 6) is 0.693. The Hall–Kier alpha value is -0.680. The van der Waals surface area contributed by atoms with E-state index >= 15 is 0 Å². The topological polar surface area (TPSA) is 42.8 Å². The lowest BCUT2D eigenvalue weighted by Crippen LogP contribution is -2.20. The van der Waals surface area contributed by atoms with Crippen molar-refractivity contribution in [3.63, 3.8) is 0 Å². The van der Waals surface area contributed by atoms with Crippen molar-refractivity contribution in [2.24, 2.45) is 5.92 Å². The lowest BCUT2D eigenvalue weighted by atomic mass is 10.0. The Kier molecular flexibility index (Phi) is 2.75. The van der Waals surface area contributed by atoms with Crippen LogP contribution >= 0.6 is 12.2 Å². The first-order chi connectivity index (χ1) is 6.36. The lowest BCUT2D eigenvalue weighted by Gasteiger charge is -2.21. The van der Waals surface area contributed by atoms with Gasteiger partial charge in [-0.05, 0) is 31.0 Å². The van der Waals surface area contributed by atoms with Gasteiger partial charge in [0.2, 0.25) is 0 Å². The Balaban J connectivity index is 1.97. The Labute approximate surface area is 81.9 Å². The number of nitrogens with one attached hydrogen (secondary N) is 1. The molecule has 1 aromatic heterocycles. The molecule has 0 radical (unpaired) electrons. The van der Waals surface area contributed by atoms with E-state index < -0.39 is 0 Å². The average molecular weight is 199 g/mol. The predicted octanol–water partition coefficient (Wildman–Crippen LogP) is 1.37. The van der Waals surface area contributed by atoms with Crippen molar-refractivity contribution in [2.45, 2.75) is 19.4 Å². The van der Waals surface area contributed by atoms with Crippen LogP contribution < -0.4 is 0 Å². The maximum absolute atomic E-state index is 5.29. The van der Waals surface area contributed by atoms with Gasteiger partial charge in [0, 0.05) is 19.8 Å². The van der Waals surface area contributed by atoms with E-state index in [0.29, 0.717) is 10.7 Å². The van der Waals surface area contributed by atoms with Crippen LogP contribution in [0.5, 0.6) is 0 Å². The number of rotatable bonds is 2. The van der Waals surface area contributed by atoms with Gasteiger partial charge in [0.1, 0.15) is 6.33 Å². The quantitative estimate of drug-likeness (QED) is 0.731. The number of nitrogens with zero attached hydrogens (tertiary/aromatic N) is 2. The molecule has 1 aliphatic heterocycles. The van der Waals surface area contributed by atoms with Crippen LogP contribution in [0.2, 0.25) is 0 Å². The third-order valence-electron chi connectivity index (χ3n) is 2.41.